The minimum Gasteiger partial charge on any atom is -0.497 e. The zero-order chi connectivity index (χ0) is 12.4. The topological polar surface area (TPSA) is 56.5 Å². The zero-order valence-corrected chi connectivity index (χ0v) is 10.3. The molecule has 3 rings (SSSR count). The van der Waals surface area contributed by atoms with Crippen molar-refractivity contribution in [2.24, 2.45) is 0 Å². The Morgan fingerprint density at radius 3 is 3.28 bits per heavy atom. The number of ether oxygens (including phenoxy) is 2. The highest BCUT2D eigenvalue weighted by Crippen LogP contribution is 2.25. The summed E-state index contributed by atoms with van der Waals surface area (Å²) in [5.41, 5.74) is 1.57. The first kappa shape index (κ1) is 11.5. The summed E-state index contributed by atoms with van der Waals surface area (Å²) in [5, 5.41) is 3.31. The van der Waals surface area contributed by atoms with E-state index in [4.69, 9.17) is 13.9 Å². The first-order valence-electron chi connectivity index (χ1n) is 6.13. The number of nitrogens with zero attached hydrogens (tertiary/aromatic N) is 1. The summed E-state index contributed by atoms with van der Waals surface area (Å²) in [6, 6.07) is 5.60. The maximum absolute atomic E-state index is 5.73. The van der Waals surface area contributed by atoms with Crippen molar-refractivity contribution in [3.05, 3.63) is 24.1 Å². The van der Waals surface area contributed by atoms with Gasteiger partial charge in [0.25, 0.3) is 0 Å². The van der Waals surface area contributed by atoms with E-state index in [1.807, 2.05) is 18.2 Å². The lowest BCUT2D eigenvalue weighted by Crippen LogP contribution is -2.20. The summed E-state index contributed by atoms with van der Waals surface area (Å²) in [7, 11) is 1.64. The number of rotatable bonds is 2. The maximum Gasteiger partial charge on any atom is 0.225 e. The number of nitrogens with one attached hydrogen (secondary N) is 1. The highest BCUT2D eigenvalue weighted by atomic mass is 16.5. The third-order valence-electron chi connectivity index (χ3n) is 3.03. The van der Waals surface area contributed by atoms with Crippen LogP contribution in [0.5, 0.6) is 5.75 Å². The normalized spacial score (nSPS) is 20.8. The van der Waals surface area contributed by atoms with Crippen molar-refractivity contribution in [3.63, 3.8) is 0 Å². The van der Waals surface area contributed by atoms with Gasteiger partial charge in [-0.25, -0.2) is 4.98 Å². The Labute approximate surface area is 105 Å². The molecule has 0 saturated carbocycles. The number of benzene rings is 1. The van der Waals surface area contributed by atoms with Crippen LogP contribution in [0.4, 0.5) is 0 Å². The standard InChI is InChI=1S/C13H16N2O3/c1-16-9-3-4-11-10(7-9)15-13(18-11)12-8-14-5-2-6-17-12/h3-4,7,12,14H,2,5-6,8H2,1H3. The number of hydrogen-bond acceptors (Lipinski definition) is 5. The lowest BCUT2D eigenvalue weighted by atomic mass is 10.3. The van der Waals surface area contributed by atoms with E-state index < -0.39 is 0 Å². The third kappa shape index (κ3) is 2.19. The zero-order valence-electron chi connectivity index (χ0n) is 10.3. The van der Waals surface area contributed by atoms with Gasteiger partial charge >= 0.3 is 0 Å². The van der Waals surface area contributed by atoms with Gasteiger partial charge in [0.1, 0.15) is 17.4 Å². The van der Waals surface area contributed by atoms with E-state index in [9.17, 15) is 0 Å². The molecule has 1 saturated heterocycles. The molecule has 0 bridgehead atoms. The molecular weight excluding hydrogens is 232 g/mol. The molecule has 1 N–H and O–H groups in total. The number of oxazole rings is 1. The van der Waals surface area contributed by atoms with Crippen LogP contribution in [0.3, 0.4) is 0 Å². The Morgan fingerprint density at radius 1 is 1.44 bits per heavy atom. The molecule has 1 atom stereocenters. The van der Waals surface area contributed by atoms with Gasteiger partial charge in [-0.2, -0.15) is 0 Å². The fourth-order valence-corrected chi connectivity index (χ4v) is 2.06. The molecule has 18 heavy (non-hydrogen) atoms. The van der Waals surface area contributed by atoms with E-state index in [1.165, 1.54) is 0 Å². The molecule has 0 radical (unpaired) electrons. The van der Waals surface area contributed by atoms with Gasteiger partial charge in [0, 0.05) is 19.2 Å². The van der Waals surface area contributed by atoms with Crippen LogP contribution in [-0.4, -0.2) is 31.8 Å². The van der Waals surface area contributed by atoms with Crippen molar-refractivity contribution < 1.29 is 13.9 Å². The Hall–Kier alpha value is -1.59. The number of fused-ring (bicyclic) bond motifs is 1. The van der Waals surface area contributed by atoms with E-state index >= 15 is 0 Å². The molecule has 1 aliphatic heterocycles. The van der Waals surface area contributed by atoms with Gasteiger partial charge < -0.3 is 19.2 Å². The molecule has 96 valence electrons. The Morgan fingerprint density at radius 2 is 2.39 bits per heavy atom. The highest BCUT2D eigenvalue weighted by Gasteiger charge is 2.20. The second-order valence-electron chi connectivity index (χ2n) is 4.30. The third-order valence-corrected chi connectivity index (χ3v) is 3.03. The van der Waals surface area contributed by atoms with Gasteiger partial charge in [-0.3, -0.25) is 0 Å². The summed E-state index contributed by atoms with van der Waals surface area (Å²) in [6.07, 6.45) is 0.913. The van der Waals surface area contributed by atoms with Gasteiger partial charge in [0.05, 0.1) is 7.11 Å². The van der Waals surface area contributed by atoms with Crippen molar-refractivity contribution in [2.75, 3.05) is 26.8 Å². The summed E-state index contributed by atoms with van der Waals surface area (Å²) in [6.45, 7) is 2.45. The SMILES string of the molecule is COc1ccc2oc(C3CNCCCO3)nc2c1. The second kappa shape index (κ2) is 4.96. The molecular formula is C13H16N2O3. The predicted molar refractivity (Wildman–Crippen MR) is 66.7 cm³/mol. The number of hydrogen-bond donors (Lipinski definition) is 1. The van der Waals surface area contributed by atoms with Crippen LogP contribution in [-0.2, 0) is 4.74 Å². The van der Waals surface area contributed by atoms with Crippen LogP contribution in [0.2, 0.25) is 0 Å². The fraction of sp³-hybridized carbons (Fsp3) is 0.462. The quantitative estimate of drug-likeness (QED) is 0.879. The smallest absolute Gasteiger partial charge is 0.225 e. The summed E-state index contributed by atoms with van der Waals surface area (Å²) < 4.78 is 16.6. The monoisotopic (exact) mass is 248 g/mol. The molecule has 1 aliphatic rings. The average Bonchev–Trinajstić information content (AvgIpc) is 2.63. The number of aromatic nitrogens is 1. The Bertz CT molecular complexity index is 530. The fourth-order valence-electron chi connectivity index (χ4n) is 2.06. The summed E-state index contributed by atoms with van der Waals surface area (Å²) in [5.74, 6) is 1.41. The van der Waals surface area contributed by atoms with E-state index in [1.54, 1.807) is 7.11 Å². The van der Waals surface area contributed by atoms with Gasteiger partial charge in [0.2, 0.25) is 5.89 Å². The van der Waals surface area contributed by atoms with Crippen LogP contribution in [0.15, 0.2) is 22.6 Å². The van der Waals surface area contributed by atoms with E-state index in [0.717, 1.165) is 43.0 Å². The van der Waals surface area contributed by atoms with E-state index in [-0.39, 0.29) is 6.10 Å². The Balaban J connectivity index is 1.91. The highest BCUT2D eigenvalue weighted by molar-refractivity contribution is 5.74. The molecule has 0 spiro atoms. The predicted octanol–water partition coefficient (Wildman–Crippen LogP) is 1.89. The molecule has 2 heterocycles. The molecule has 1 fully saturated rings. The second-order valence-corrected chi connectivity index (χ2v) is 4.30. The Kier molecular flexibility index (Phi) is 3.17. The molecule has 0 amide bonds. The minimum atomic E-state index is -0.106. The average molecular weight is 248 g/mol. The van der Waals surface area contributed by atoms with Gasteiger partial charge in [0.15, 0.2) is 5.58 Å². The van der Waals surface area contributed by atoms with Crippen LogP contribution >= 0.6 is 0 Å². The molecule has 1 aromatic carbocycles. The van der Waals surface area contributed by atoms with Crippen LogP contribution < -0.4 is 10.1 Å². The first-order chi connectivity index (χ1) is 8.86. The van der Waals surface area contributed by atoms with Gasteiger partial charge in [-0.1, -0.05) is 0 Å². The molecule has 2 aromatic rings. The molecule has 1 unspecified atom stereocenters. The van der Waals surface area contributed by atoms with E-state index in [2.05, 4.69) is 10.3 Å². The molecule has 5 heteroatoms. The largest absolute Gasteiger partial charge is 0.497 e. The van der Waals surface area contributed by atoms with Crippen molar-refractivity contribution >= 4 is 11.1 Å². The van der Waals surface area contributed by atoms with Crippen molar-refractivity contribution in [1.82, 2.24) is 10.3 Å². The first-order valence-corrected chi connectivity index (χ1v) is 6.13. The molecule has 0 aliphatic carbocycles. The van der Waals surface area contributed by atoms with Crippen molar-refractivity contribution in [1.29, 1.82) is 0 Å². The van der Waals surface area contributed by atoms with E-state index in [0.29, 0.717) is 5.89 Å². The molecule has 5 nitrogen and oxygen atoms in total. The maximum atomic E-state index is 5.73. The van der Waals surface area contributed by atoms with Crippen molar-refractivity contribution in [3.8, 4) is 5.75 Å². The van der Waals surface area contributed by atoms with Gasteiger partial charge in [-0.15, -0.1) is 0 Å². The lowest BCUT2D eigenvalue weighted by molar-refractivity contribution is 0.0487. The lowest BCUT2D eigenvalue weighted by Gasteiger charge is -2.09. The summed E-state index contributed by atoms with van der Waals surface area (Å²) >= 11 is 0. The van der Waals surface area contributed by atoms with Crippen LogP contribution in [0, 0.1) is 0 Å². The minimum absolute atomic E-state index is 0.106. The van der Waals surface area contributed by atoms with Crippen molar-refractivity contribution in [2.45, 2.75) is 12.5 Å². The number of methoxy groups -OCH3 is 1. The summed E-state index contributed by atoms with van der Waals surface area (Å²) in [4.78, 5) is 4.47. The van der Waals surface area contributed by atoms with Gasteiger partial charge in [-0.05, 0) is 25.1 Å². The van der Waals surface area contributed by atoms with Crippen LogP contribution in [0.1, 0.15) is 18.4 Å². The molecule has 1 aromatic heterocycles. The van der Waals surface area contributed by atoms with Crippen LogP contribution in [0.25, 0.3) is 11.1 Å².